The number of aliphatic hydroxyl groups is 1. The van der Waals surface area contributed by atoms with Gasteiger partial charge < -0.3 is 15.2 Å². The number of carbonyl (C=O) groups is 1. The molecular formula is C13H20N2O3. The highest BCUT2D eigenvalue weighted by molar-refractivity contribution is 5.93. The molecule has 0 saturated carbocycles. The van der Waals surface area contributed by atoms with E-state index in [1.54, 1.807) is 19.2 Å². The van der Waals surface area contributed by atoms with Gasteiger partial charge in [0.25, 0.3) is 0 Å². The average Bonchev–Trinajstić information content (AvgIpc) is 2.38. The van der Waals surface area contributed by atoms with Crippen LogP contribution in [0.2, 0.25) is 0 Å². The summed E-state index contributed by atoms with van der Waals surface area (Å²) < 4.78 is 5.16. The third-order valence-corrected chi connectivity index (χ3v) is 2.61. The minimum absolute atomic E-state index is 0.0514. The number of benzene rings is 1. The van der Waals surface area contributed by atoms with Crippen molar-refractivity contribution in [3.05, 3.63) is 24.3 Å². The van der Waals surface area contributed by atoms with Crippen LogP contribution in [-0.4, -0.2) is 49.3 Å². The Hall–Kier alpha value is -1.59. The third kappa shape index (κ3) is 4.35. The van der Waals surface area contributed by atoms with E-state index in [0.717, 1.165) is 6.54 Å². The maximum atomic E-state index is 11.8. The number of methoxy groups -OCH3 is 1. The first-order chi connectivity index (χ1) is 8.71. The second-order valence-corrected chi connectivity index (χ2v) is 3.84. The maximum absolute atomic E-state index is 11.8. The number of nitrogens with zero attached hydrogens (tertiary/aromatic N) is 1. The fourth-order valence-corrected chi connectivity index (χ4v) is 1.63. The largest absolute Gasteiger partial charge is 0.495 e. The Bertz CT molecular complexity index is 382. The Balaban J connectivity index is 2.58. The van der Waals surface area contributed by atoms with Crippen LogP contribution in [0, 0.1) is 0 Å². The summed E-state index contributed by atoms with van der Waals surface area (Å²) in [6.45, 7) is 3.48. The standard InChI is InChI=1S/C13H20N2O3/c1-3-15(8-9-16)10-13(17)14-11-6-4-5-7-12(11)18-2/h4-7,16H,3,8-10H2,1-2H3,(H,14,17). The van der Waals surface area contributed by atoms with Gasteiger partial charge in [0.15, 0.2) is 0 Å². The Morgan fingerprint density at radius 1 is 1.44 bits per heavy atom. The van der Waals surface area contributed by atoms with E-state index >= 15 is 0 Å². The zero-order valence-electron chi connectivity index (χ0n) is 10.8. The fraction of sp³-hybridized carbons (Fsp3) is 0.462. The molecule has 100 valence electrons. The predicted molar refractivity (Wildman–Crippen MR) is 70.8 cm³/mol. The van der Waals surface area contributed by atoms with Gasteiger partial charge in [-0.15, -0.1) is 0 Å². The van der Waals surface area contributed by atoms with Gasteiger partial charge in [0.05, 0.1) is 25.9 Å². The molecule has 0 radical (unpaired) electrons. The minimum Gasteiger partial charge on any atom is -0.495 e. The monoisotopic (exact) mass is 252 g/mol. The van der Waals surface area contributed by atoms with Crippen LogP contribution in [0.15, 0.2) is 24.3 Å². The normalized spacial score (nSPS) is 10.4. The Kier molecular flexibility index (Phi) is 6.18. The van der Waals surface area contributed by atoms with Gasteiger partial charge in [0, 0.05) is 6.54 Å². The smallest absolute Gasteiger partial charge is 0.238 e. The summed E-state index contributed by atoms with van der Waals surface area (Å²) in [5, 5.41) is 11.7. The molecule has 0 saturated heterocycles. The summed E-state index contributed by atoms with van der Waals surface area (Å²) in [5.74, 6) is 0.519. The van der Waals surface area contributed by atoms with E-state index in [4.69, 9.17) is 9.84 Å². The number of rotatable bonds is 7. The fourth-order valence-electron chi connectivity index (χ4n) is 1.63. The van der Waals surface area contributed by atoms with Gasteiger partial charge >= 0.3 is 0 Å². The first-order valence-electron chi connectivity index (χ1n) is 5.97. The second-order valence-electron chi connectivity index (χ2n) is 3.84. The lowest BCUT2D eigenvalue weighted by atomic mass is 10.3. The molecule has 0 aromatic heterocycles. The lowest BCUT2D eigenvalue weighted by Gasteiger charge is -2.18. The van der Waals surface area contributed by atoms with Crippen LogP contribution < -0.4 is 10.1 Å². The number of ether oxygens (including phenoxy) is 1. The van der Waals surface area contributed by atoms with E-state index < -0.39 is 0 Å². The molecule has 0 aliphatic heterocycles. The van der Waals surface area contributed by atoms with E-state index in [2.05, 4.69) is 5.32 Å². The number of carbonyl (C=O) groups excluding carboxylic acids is 1. The molecular weight excluding hydrogens is 232 g/mol. The molecule has 5 heteroatoms. The van der Waals surface area contributed by atoms with E-state index in [0.29, 0.717) is 18.0 Å². The lowest BCUT2D eigenvalue weighted by Crippen LogP contribution is -2.35. The third-order valence-electron chi connectivity index (χ3n) is 2.61. The zero-order chi connectivity index (χ0) is 13.4. The van der Waals surface area contributed by atoms with Crippen LogP contribution in [0.4, 0.5) is 5.69 Å². The van der Waals surface area contributed by atoms with Crippen molar-refractivity contribution in [2.75, 3.05) is 38.7 Å². The molecule has 0 aliphatic rings. The van der Waals surface area contributed by atoms with Crippen molar-refractivity contribution in [2.45, 2.75) is 6.92 Å². The summed E-state index contributed by atoms with van der Waals surface area (Å²) in [6.07, 6.45) is 0. The van der Waals surface area contributed by atoms with Gasteiger partial charge in [-0.2, -0.15) is 0 Å². The Morgan fingerprint density at radius 3 is 2.78 bits per heavy atom. The summed E-state index contributed by atoms with van der Waals surface area (Å²) >= 11 is 0. The van der Waals surface area contributed by atoms with Crippen molar-refractivity contribution >= 4 is 11.6 Å². The predicted octanol–water partition coefficient (Wildman–Crippen LogP) is 0.948. The van der Waals surface area contributed by atoms with Crippen LogP contribution in [0.1, 0.15) is 6.92 Å². The molecule has 0 heterocycles. The van der Waals surface area contributed by atoms with Gasteiger partial charge in [-0.3, -0.25) is 9.69 Å². The SMILES string of the molecule is CCN(CCO)CC(=O)Nc1ccccc1OC. The number of anilines is 1. The summed E-state index contributed by atoms with van der Waals surface area (Å²) in [4.78, 5) is 13.7. The van der Waals surface area contributed by atoms with Crippen molar-refractivity contribution < 1.29 is 14.6 Å². The number of hydrogen-bond acceptors (Lipinski definition) is 4. The minimum atomic E-state index is -0.116. The maximum Gasteiger partial charge on any atom is 0.238 e. The van der Waals surface area contributed by atoms with Gasteiger partial charge in [-0.1, -0.05) is 19.1 Å². The van der Waals surface area contributed by atoms with Crippen molar-refractivity contribution in [3.8, 4) is 5.75 Å². The molecule has 1 aromatic rings. The number of aliphatic hydroxyl groups excluding tert-OH is 1. The van der Waals surface area contributed by atoms with Crippen molar-refractivity contribution in [1.82, 2.24) is 4.90 Å². The van der Waals surface area contributed by atoms with Crippen LogP contribution >= 0.6 is 0 Å². The van der Waals surface area contributed by atoms with Gasteiger partial charge in [0.2, 0.25) is 5.91 Å². The molecule has 0 fully saturated rings. The quantitative estimate of drug-likeness (QED) is 0.758. The van der Waals surface area contributed by atoms with Crippen molar-refractivity contribution in [1.29, 1.82) is 0 Å². The molecule has 0 bridgehead atoms. The van der Waals surface area contributed by atoms with Crippen LogP contribution in [0.3, 0.4) is 0 Å². The van der Waals surface area contributed by atoms with Crippen molar-refractivity contribution in [2.24, 2.45) is 0 Å². The second kappa shape index (κ2) is 7.68. The van der Waals surface area contributed by atoms with E-state index in [1.165, 1.54) is 0 Å². The van der Waals surface area contributed by atoms with E-state index in [1.807, 2.05) is 24.0 Å². The molecule has 0 atom stereocenters. The highest BCUT2D eigenvalue weighted by Crippen LogP contribution is 2.22. The number of para-hydroxylation sites is 2. The molecule has 2 N–H and O–H groups in total. The number of hydrogen-bond donors (Lipinski definition) is 2. The summed E-state index contributed by atoms with van der Waals surface area (Å²) in [6, 6.07) is 7.27. The van der Waals surface area contributed by atoms with Gasteiger partial charge in [-0.25, -0.2) is 0 Å². The molecule has 0 spiro atoms. The number of nitrogens with one attached hydrogen (secondary N) is 1. The topological polar surface area (TPSA) is 61.8 Å². The molecule has 5 nitrogen and oxygen atoms in total. The molecule has 1 amide bonds. The van der Waals surface area contributed by atoms with Gasteiger partial charge in [-0.05, 0) is 18.7 Å². The van der Waals surface area contributed by atoms with E-state index in [-0.39, 0.29) is 19.1 Å². The van der Waals surface area contributed by atoms with E-state index in [9.17, 15) is 4.79 Å². The van der Waals surface area contributed by atoms with Crippen LogP contribution in [0.25, 0.3) is 0 Å². The average molecular weight is 252 g/mol. The first kappa shape index (κ1) is 14.5. The van der Waals surface area contributed by atoms with Crippen LogP contribution in [-0.2, 0) is 4.79 Å². The summed E-state index contributed by atoms with van der Waals surface area (Å²) in [5.41, 5.74) is 0.657. The van der Waals surface area contributed by atoms with Crippen molar-refractivity contribution in [3.63, 3.8) is 0 Å². The lowest BCUT2D eigenvalue weighted by molar-refractivity contribution is -0.117. The zero-order valence-corrected chi connectivity index (χ0v) is 10.8. The number of amides is 1. The number of likely N-dealkylation sites (N-methyl/N-ethyl adjacent to an activating group) is 1. The molecule has 0 aliphatic carbocycles. The first-order valence-corrected chi connectivity index (χ1v) is 5.97. The molecule has 0 unspecified atom stereocenters. The van der Waals surface area contributed by atoms with Gasteiger partial charge in [0.1, 0.15) is 5.75 Å². The Morgan fingerprint density at radius 2 is 2.17 bits per heavy atom. The molecule has 1 aromatic carbocycles. The molecule has 1 rings (SSSR count). The van der Waals surface area contributed by atoms with Crippen LogP contribution in [0.5, 0.6) is 5.75 Å². The Labute approximate surface area is 107 Å². The summed E-state index contributed by atoms with van der Waals surface area (Å²) in [7, 11) is 1.56. The highest BCUT2D eigenvalue weighted by atomic mass is 16.5. The highest BCUT2D eigenvalue weighted by Gasteiger charge is 2.10. The molecule has 18 heavy (non-hydrogen) atoms.